The lowest BCUT2D eigenvalue weighted by Gasteiger charge is -2.41. The number of nitro groups is 1. The molecule has 0 aliphatic rings. The number of hydrogen-bond donors (Lipinski definition) is 2. The maximum atomic E-state index is 13.8. The predicted molar refractivity (Wildman–Crippen MR) is 167 cm³/mol. The molecule has 11 heteroatoms. The zero-order valence-corrected chi connectivity index (χ0v) is 27.3. The lowest BCUT2D eigenvalue weighted by Crippen LogP contribution is -2.57. The molecule has 0 bridgehead atoms. The van der Waals surface area contributed by atoms with E-state index in [4.69, 9.17) is 0 Å². The van der Waals surface area contributed by atoms with Crippen molar-refractivity contribution in [2.75, 3.05) is 13.1 Å². The molecule has 0 aliphatic carbocycles. The molecule has 238 valence electrons. The van der Waals surface area contributed by atoms with E-state index < -0.39 is 43.8 Å². The maximum Gasteiger partial charge on any atom is 0.269 e. The van der Waals surface area contributed by atoms with E-state index >= 15 is 0 Å². The highest BCUT2D eigenvalue weighted by Crippen LogP contribution is 2.41. The van der Waals surface area contributed by atoms with E-state index in [-0.39, 0.29) is 47.7 Å². The molecule has 2 aromatic carbocycles. The van der Waals surface area contributed by atoms with Gasteiger partial charge in [-0.2, -0.15) is 4.31 Å². The number of Topliss-reactive ketones (excluding diaryl/α,β-unsaturated/α-hetero) is 1. The lowest BCUT2D eigenvalue weighted by atomic mass is 9.63. The van der Waals surface area contributed by atoms with E-state index in [0.717, 1.165) is 17.7 Å². The Balaban J connectivity index is 2.46. The average molecular weight is 618 g/mol. The van der Waals surface area contributed by atoms with Gasteiger partial charge in [0.2, 0.25) is 15.9 Å². The number of amides is 1. The number of rotatable bonds is 16. The predicted octanol–water partition coefficient (Wildman–Crippen LogP) is 5.00. The third kappa shape index (κ3) is 8.93. The first-order chi connectivity index (χ1) is 19.8. The molecular weight excluding hydrogens is 570 g/mol. The molecule has 2 N–H and O–H groups in total. The molecule has 0 spiro atoms. The van der Waals surface area contributed by atoms with Crippen LogP contribution in [0.3, 0.4) is 0 Å². The number of benzene rings is 2. The molecule has 0 saturated heterocycles. The lowest BCUT2D eigenvalue weighted by molar-refractivity contribution is -0.384. The first kappa shape index (κ1) is 36.0. The van der Waals surface area contributed by atoms with Crippen LogP contribution in [0.1, 0.15) is 67.4 Å². The molecule has 0 fully saturated rings. The van der Waals surface area contributed by atoms with Gasteiger partial charge in [-0.05, 0) is 36.5 Å². The minimum Gasteiger partial charge on any atom is -0.390 e. The number of nitrogens with zero attached hydrogens (tertiary/aromatic N) is 2. The number of nitrogens with one attached hydrogen (secondary N) is 1. The largest absolute Gasteiger partial charge is 0.390 e. The molecular formula is C32H47N3O7S. The van der Waals surface area contributed by atoms with Gasteiger partial charge in [-0.15, -0.1) is 0 Å². The first-order valence-electron chi connectivity index (χ1n) is 14.6. The molecule has 0 radical (unpaired) electrons. The summed E-state index contributed by atoms with van der Waals surface area (Å²) in [5.74, 6) is -0.625. The Bertz CT molecular complexity index is 1360. The number of carbonyl (C=O) groups excluding carboxylic acids is 2. The molecule has 43 heavy (non-hydrogen) atoms. The van der Waals surface area contributed by atoms with Crippen molar-refractivity contribution in [2.24, 2.45) is 22.7 Å². The Morgan fingerprint density at radius 3 is 2.00 bits per heavy atom. The van der Waals surface area contributed by atoms with Gasteiger partial charge in [-0.25, -0.2) is 8.42 Å². The van der Waals surface area contributed by atoms with Crippen LogP contribution in [0, 0.1) is 32.8 Å². The quantitative estimate of drug-likeness (QED) is 0.199. The molecule has 10 nitrogen and oxygen atoms in total. The molecule has 2 atom stereocenters. The highest BCUT2D eigenvalue weighted by molar-refractivity contribution is 7.89. The van der Waals surface area contributed by atoms with Crippen LogP contribution in [0.2, 0.25) is 0 Å². The molecule has 2 rings (SSSR count). The highest BCUT2D eigenvalue weighted by atomic mass is 32.2. The van der Waals surface area contributed by atoms with E-state index in [1.54, 1.807) is 41.5 Å². The van der Waals surface area contributed by atoms with Crippen LogP contribution in [0.4, 0.5) is 5.69 Å². The van der Waals surface area contributed by atoms with Crippen molar-refractivity contribution in [3.63, 3.8) is 0 Å². The summed E-state index contributed by atoms with van der Waals surface area (Å²) in [7, 11) is -4.15. The Morgan fingerprint density at radius 1 is 0.953 bits per heavy atom. The number of sulfonamides is 1. The number of hydrogen-bond acceptors (Lipinski definition) is 7. The standard InChI is InChI=1S/C32H47N3O7S/c1-22(2)18-19-34(43(41,42)26-16-14-25(15-17-26)35(39)40)21-28(36)27(20-24-12-10-9-11-13-24)33-30(38)32(7,8)31(5,6)29(37)23(3)4/h9-17,22-23,27-28,36H,18-21H2,1-8H3,(H,33,38)/t27-,28?/m0/s1. The zero-order valence-electron chi connectivity index (χ0n) is 26.5. The van der Waals surface area contributed by atoms with Gasteiger partial charge in [-0.1, -0.05) is 85.7 Å². The first-order valence-corrected chi connectivity index (χ1v) is 16.1. The summed E-state index contributed by atoms with van der Waals surface area (Å²) >= 11 is 0. The van der Waals surface area contributed by atoms with Crippen LogP contribution < -0.4 is 5.32 Å². The Morgan fingerprint density at radius 2 is 1.51 bits per heavy atom. The third-order valence-corrected chi connectivity index (χ3v) is 10.3. The minimum atomic E-state index is -4.15. The fraction of sp³-hybridized carbons (Fsp3) is 0.562. The Hall–Kier alpha value is -3.15. The van der Waals surface area contributed by atoms with Gasteiger partial charge in [0.1, 0.15) is 5.78 Å². The van der Waals surface area contributed by atoms with Crippen LogP contribution in [-0.2, 0) is 26.0 Å². The summed E-state index contributed by atoms with van der Waals surface area (Å²) in [5.41, 5.74) is -1.57. The van der Waals surface area contributed by atoms with Crippen LogP contribution in [0.15, 0.2) is 59.5 Å². The van der Waals surface area contributed by atoms with Crippen molar-refractivity contribution in [1.82, 2.24) is 9.62 Å². The molecule has 0 aliphatic heterocycles. The smallest absolute Gasteiger partial charge is 0.269 e. The molecule has 0 heterocycles. The van der Waals surface area contributed by atoms with Crippen LogP contribution in [-0.4, -0.2) is 59.7 Å². The van der Waals surface area contributed by atoms with Crippen molar-refractivity contribution in [3.8, 4) is 0 Å². The van der Waals surface area contributed by atoms with Crippen molar-refractivity contribution in [3.05, 3.63) is 70.3 Å². The third-order valence-electron chi connectivity index (χ3n) is 8.38. The van der Waals surface area contributed by atoms with Gasteiger partial charge in [0.15, 0.2) is 0 Å². The molecule has 0 saturated carbocycles. The summed E-state index contributed by atoms with van der Waals surface area (Å²) in [6.45, 7) is 14.1. The van der Waals surface area contributed by atoms with Gasteiger partial charge in [0.05, 0.1) is 27.4 Å². The van der Waals surface area contributed by atoms with E-state index in [2.05, 4.69) is 5.32 Å². The molecule has 1 unspecified atom stereocenters. The van der Waals surface area contributed by atoms with Crippen molar-refractivity contribution in [1.29, 1.82) is 0 Å². The van der Waals surface area contributed by atoms with Crippen molar-refractivity contribution < 1.29 is 28.0 Å². The Kier molecular flexibility index (Phi) is 12.2. The summed E-state index contributed by atoms with van der Waals surface area (Å²) in [6, 6.07) is 13.0. The minimum absolute atomic E-state index is 0.0677. The second-order valence-corrected chi connectivity index (χ2v) is 14.8. The van der Waals surface area contributed by atoms with Gasteiger partial charge in [0.25, 0.3) is 5.69 Å². The average Bonchev–Trinajstić information content (AvgIpc) is 2.94. The second kappa shape index (κ2) is 14.5. The zero-order chi connectivity index (χ0) is 32.8. The summed E-state index contributed by atoms with van der Waals surface area (Å²) in [6.07, 6.45) is -0.589. The summed E-state index contributed by atoms with van der Waals surface area (Å²) < 4.78 is 28.6. The number of nitro benzene ring substituents is 1. The van der Waals surface area contributed by atoms with Crippen molar-refractivity contribution in [2.45, 2.75) is 85.3 Å². The van der Waals surface area contributed by atoms with Crippen LogP contribution in [0.25, 0.3) is 0 Å². The normalized spacial score (nSPS) is 14.1. The van der Waals surface area contributed by atoms with E-state index in [1.807, 2.05) is 44.2 Å². The van der Waals surface area contributed by atoms with E-state index in [9.17, 15) is 33.2 Å². The summed E-state index contributed by atoms with van der Waals surface area (Å²) in [4.78, 5) is 37.2. The number of ketones is 1. The second-order valence-electron chi connectivity index (χ2n) is 12.9. The molecule has 2 aromatic rings. The number of carbonyl (C=O) groups is 2. The van der Waals surface area contributed by atoms with E-state index in [1.165, 1.54) is 16.4 Å². The number of aliphatic hydroxyl groups excluding tert-OH is 1. The van der Waals surface area contributed by atoms with Gasteiger partial charge < -0.3 is 10.4 Å². The molecule has 1 amide bonds. The van der Waals surface area contributed by atoms with Crippen LogP contribution in [0.5, 0.6) is 0 Å². The summed E-state index contributed by atoms with van der Waals surface area (Å²) in [5, 5.41) is 25.6. The topological polar surface area (TPSA) is 147 Å². The van der Waals surface area contributed by atoms with Crippen LogP contribution >= 0.6 is 0 Å². The van der Waals surface area contributed by atoms with Gasteiger partial charge in [0, 0.05) is 36.6 Å². The number of non-ortho nitro benzene ring substituents is 1. The van der Waals surface area contributed by atoms with Gasteiger partial charge >= 0.3 is 0 Å². The van der Waals surface area contributed by atoms with Crippen molar-refractivity contribution >= 4 is 27.4 Å². The monoisotopic (exact) mass is 617 g/mol. The fourth-order valence-corrected chi connectivity index (χ4v) is 6.22. The Labute approximate surface area is 256 Å². The highest BCUT2D eigenvalue weighted by Gasteiger charge is 2.49. The van der Waals surface area contributed by atoms with Gasteiger partial charge in [-0.3, -0.25) is 19.7 Å². The maximum absolute atomic E-state index is 13.8. The number of aliphatic hydroxyl groups is 1. The van der Waals surface area contributed by atoms with E-state index in [0.29, 0.717) is 6.42 Å². The SMILES string of the molecule is CC(C)CCN(CC(O)[C@H](Cc1ccccc1)NC(=O)C(C)(C)C(C)(C)C(=O)C(C)C)S(=O)(=O)c1ccc([N+](=O)[O-])cc1. The molecule has 0 aromatic heterocycles. The fourth-order valence-electron chi connectivity index (χ4n) is 4.75.